The molecule has 0 saturated heterocycles. The number of amides is 1. The summed E-state index contributed by atoms with van der Waals surface area (Å²) in [6.07, 6.45) is 3.73. The lowest BCUT2D eigenvalue weighted by Crippen LogP contribution is -2.33. The number of nitrogens with one attached hydrogen (secondary N) is 2. The summed E-state index contributed by atoms with van der Waals surface area (Å²) in [4.78, 5) is 16.1. The zero-order valence-corrected chi connectivity index (χ0v) is 11.4. The molecule has 2 N–H and O–H groups in total. The Balaban J connectivity index is 1.75. The van der Waals surface area contributed by atoms with Gasteiger partial charge in [-0.05, 0) is 17.7 Å². The predicted octanol–water partition coefficient (Wildman–Crippen LogP) is 2.99. The number of aromatic nitrogens is 1. The van der Waals surface area contributed by atoms with E-state index in [9.17, 15) is 13.6 Å². The highest BCUT2D eigenvalue weighted by Crippen LogP contribution is 2.27. The van der Waals surface area contributed by atoms with E-state index in [1.165, 1.54) is 0 Å². The molecule has 1 aromatic carbocycles. The molecule has 0 radical (unpaired) electrons. The molecule has 1 aliphatic heterocycles. The number of rotatable bonds is 2. The number of anilines is 2. The summed E-state index contributed by atoms with van der Waals surface area (Å²) in [6, 6.07) is 2.96. The number of carbonyl (C=O) groups is 1. The van der Waals surface area contributed by atoms with Crippen LogP contribution >= 0.6 is 11.6 Å². The second kappa shape index (κ2) is 5.29. The zero-order valence-electron chi connectivity index (χ0n) is 10.7. The Kier molecular flexibility index (Phi) is 3.47. The summed E-state index contributed by atoms with van der Waals surface area (Å²) >= 11 is 5.59. The summed E-state index contributed by atoms with van der Waals surface area (Å²) in [5.74, 6) is -2.17. The van der Waals surface area contributed by atoms with Crippen LogP contribution in [0.5, 0.6) is 0 Å². The van der Waals surface area contributed by atoms with Crippen LogP contribution in [0.15, 0.2) is 30.6 Å². The van der Waals surface area contributed by atoms with Crippen LogP contribution < -0.4 is 10.6 Å². The molecular formula is C14H10ClF2N3O. The first-order valence-electron chi connectivity index (χ1n) is 6.19. The Bertz CT molecular complexity index is 698. The number of carbonyl (C=O) groups excluding carboxylic acids is 1. The lowest BCUT2D eigenvalue weighted by molar-refractivity contribution is -0.116. The smallest absolute Gasteiger partial charge is 0.247 e. The number of pyridine rings is 1. The van der Waals surface area contributed by atoms with Gasteiger partial charge in [-0.15, -0.1) is 0 Å². The van der Waals surface area contributed by atoms with Gasteiger partial charge in [0.15, 0.2) is 0 Å². The van der Waals surface area contributed by atoms with E-state index >= 15 is 0 Å². The van der Waals surface area contributed by atoms with Crippen LogP contribution in [-0.2, 0) is 11.2 Å². The predicted molar refractivity (Wildman–Crippen MR) is 75.3 cm³/mol. The van der Waals surface area contributed by atoms with Gasteiger partial charge in [0.25, 0.3) is 0 Å². The number of benzene rings is 1. The number of nitrogens with zero attached hydrogens (tertiary/aromatic N) is 1. The average Bonchev–Trinajstić information content (AvgIpc) is 2.88. The van der Waals surface area contributed by atoms with Crippen LogP contribution in [0.3, 0.4) is 0 Å². The highest BCUT2D eigenvalue weighted by atomic mass is 35.5. The SMILES string of the molecule is O=C(Nc1cc(Cl)c(F)cc1F)C1Cc2ccncc2N1. The molecule has 4 nitrogen and oxygen atoms in total. The Morgan fingerprint density at radius 1 is 1.38 bits per heavy atom. The van der Waals surface area contributed by atoms with Crippen molar-refractivity contribution in [3.05, 3.63) is 52.8 Å². The lowest BCUT2D eigenvalue weighted by atomic mass is 10.1. The maximum absolute atomic E-state index is 13.6. The summed E-state index contributed by atoms with van der Waals surface area (Å²) in [5.41, 5.74) is 1.58. The number of hydrogen-bond donors (Lipinski definition) is 2. The first-order valence-corrected chi connectivity index (χ1v) is 6.57. The van der Waals surface area contributed by atoms with Crippen molar-refractivity contribution in [1.82, 2.24) is 4.98 Å². The second-order valence-corrected chi connectivity index (χ2v) is 5.08. The highest BCUT2D eigenvalue weighted by Gasteiger charge is 2.27. The first-order chi connectivity index (χ1) is 10.0. The summed E-state index contributed by atoms with van der Waals surface area (Å²) < 4.78 is 26.7. The molecule has 1 aliphatic rings. The van der Waals surface area contributed by atoms with Crippen molar-refractivity contribution >= 4 is 28.9 Å². The van der Waals surface area contributed by atoms with Crippen molar-refractivity contribution in [2.45, 2.75) is 12.5 Å². The molecular weight excluding hydrogens is 300 g/mol. The summed E-state index contributed by atoms with van der Waals surface area (Å²) in [5, 5.41) is 5.15. The van der Waals surface area contributed by atoms with E-state index in [4.69, 9.17) is 11.6 Å². The molecule has 21 heavy (non-hydrogen) atoms. The normalized spacial score (nSPS) is 16.2. The van der Waals surface area contributed by atoms with Crippen LogP contribution in [0.25, 0.3) is 0 Å². The largest absolute Gasteiger partial charge is 0.372 e. The molecule has 2 heterocycles. The molecule has 3 rings (SSSR count). The maximum Gasteiger partial charge on any atom is 0.247 e. The fourth-order valence-electron chi connectivity index (χ4n) is 2.19. The highest BCUT2D eigenvalue weighted by molar-refractivity contribution is 6.31. The molecule has 108 valence electrons. The minimum Gasteiger partial charge on any atom is -0.372 e. The van der Waals surface area contributed by atoms with Gasteiger partial charge < -0.3 is 10.6 Å². The molecule has 0 aliphatic carbocycles. The van der Waals surface area contributed by atoms with Crippen molar-refractivity contribution in [3.63, 3.8) is 0 Å². The van der Waals surface area contributed by atoms with E-state index in [0.717, 1.165) is 17.3 Å². The second-order valence-electron chi connectivity index (χ2n) is 4.67. The molecule has 0 spiro atoms. The molecule has 0 saturated carbocycles. The van der Waals surface area contributed by atoms with Gasteiger partial charge in [0.05, 0.1) is 22.6 Å². The van der Waals surface area contributed by atoms with Gasteiger partial charge in [0, 0.05) is 18.7 Å². The number of hydrogen-bond acceptors (Lipinski definition) is 3. The van der Waals surface area contributed by atoms with Crippen molar-refractivity contribution < 1.29 is 13.6 Å². The molecule has 1 aromatic heterocycles. The van der Waals surface area contributed by atoms with Gasteiger partial charge in [0.2, 0.25) is 5.91 Å². The van der Waals surface area contributed by atoms with Gasteiger partial charge in [-0.3, -0.25) is 9.78 Å². The van der Waals surface area contributed by atoms with E-state index < -0.39 is 23.6 Å². The van der Waals surface area contributed by atoms with Gasteiger partial charge in [-0.2, -0.15) is 0 Å². The van der Waals surface area contributed by atoms with Crippen molar-refractivity contribution in [3.8, 4) is 0 Å². The first kappa shape index (κ1) is 13.8. The average molecular weight is 310 g/mol. The Morgan fingerprint density at radius 3 is 2.95 bits per heavy atom. The molecule has 2 aromatic rings. The van der Waals surface area contributed by atoms with Crippen LogP contribution in [0.4, 0.5) is 20.2 Å². The van der Waals surface area contributed by atoms with E-state index in [1.807, 2.05) is 6.07 Å². The minimum atomic E-state index is -0.873. The van der Waals surface area contributed by atoms with E-state index in [-0.39, 0.29) is 10.7 Å². The minimum absolute atomic E-state index is 0.151. The zero-order chi connectivity index (χ0) is 15.0. The van der Waals surface area contributed by atoms with Crippen LogP contribution in [0.1, 0.15) is 5.56 Å². The molecule has 7 heteroatoms. The third-order valence-corrected chi connectivity index (χ3v) is 3.54. The number of fused-ring (bicyclic) bond motifs is 1. The topological polar surface area (TPSA) is 54.0 Å². The van der Waals surface area contributed by atoms with Crippen molar-refractivity contribution in [1.29, 1.82) is 0 Å². The molecule has 1 atom stereocenters. The van der Waals surface area contributed by atoms with Crippen LogP contribution in [-0.4, -0.2) is 16.9 Å². The van der Waals surface area contributed by atoms with E-state index in [2.05, 4.69) is 15.6 Å². The van der Waals surface area contributed by atoms with E-state index in [0.29, 0.717) is 12.5 Å². The quantitative estimate of drug-likeness (QED) is 0.839. The Labute approximate surface area is 124 Å². The fourth-order valence-corrected chi connectivity index (χ4v) is 2.35. The number of halogens is 3. The van der Waals surface area contributed by atoms with E-state index in [1.54, 1.807) is 12.4 Å². The summed E-state index contributed by atoms with van der Waals surface area (Å²) in [7, 11) is 0. The van der Waals surface area contributed by atoms with Crippen LogP contribution in [0, 0.1) is 11.6 Å². The van der Waals surface area contributed by atoms with Gasteiger partial charge in [-0.25, -0.2) is 8.78 Å². The van der Waals surface area contributed by atoms with Crippen LogP contribution in [0.2, 0.25) is 5.02 Å². The van der Waals surface area contributed by atoms with Gasteiger partial charge in [0.1, 0.15) is 17.7 Å². The Morgan fingerprint density at radius 2 is 2.19 bits per heavy atom. The van der Waals surface area contributed by atoms with Gasteiger partial charge in [-0.1, -0.05) is 11.6 Å². The fraction of sp³-hybridized carbons (Fsp3) is 0.143. The summed E-state index contributed by atoms with van der Waals surface area (Å²) in [6.45, 7) is 0. The monoisotopic (exact) mass is 309 g/mol. The third-order valence-electron chi connectivity index (χ3n) is 3.25. The van der Waals surface area contributed by atoms with Crippen molar-refractivity contribution in [2.24, 2.45) is 0 Å². The van der Waals surface area contributed by atoms with Crippen molar-refractivity contribution in [2.75, 3.05) is 10.6 Å². The molecule has 0 bridgehead atoms. The maximum atomic E-state index is 13.6. The van der Waals surface area contributed by atoms with Gasteiger partial charge >= 0.3 is 0 Å². The Hall–Kier alpha value is -2.21. The third kappa shape index (κ3) is 2.67. The standard InChI is InChI=1S/C14H10ClF2N3O/c15-8-4-11(10(17)5-9(8)16)20-14(21)12-3-7-1-2-18-6-13(7)19-12/h1-2,4-6,12,19H,3H2,(H,20,21). The molecule has 1 amide bonds. The molecule has 1 unspecified atom stereocenters. The molecule has 0 fully saturated rings. The lowest BCUT2D eigenvalue weighted by Gasteiger charge is -2.13.